The normalized spacial score (nSPS) is 11.1. The van der Waals surface area contributed by atoms with Crippen LogP contribution >= 0.6 is 15.9 Å². The Labute approximate surface area is 85.1 Å². The van der Waals surface area contributed by atoms with Crippen LogP contribution in [0.25, 0.3) is 0 Å². The Hall–Kier alpha value is -1.09. The van der Waals surface area contributed by atoms with Gasteiger partial charge in [0.05, 0.1) is 5.56 Å². The molecule has 0 amide bonds. The number of rotatable bonds is 0. The zero-order chi connectivity index (χ0) is 10.9. The van der Waals surface area contributed by atoms with Gasteiger partial charge in [0, 0.05) is 4.47 Å². The number of hydrogen-bond acceptors (Lipinski definition) is 1. The molecule has 0 saturated carbocycles. The van der Waals surface area contributed by atoms with Crippen molar-refractivity contribution in [3.05, 3.63) is 33.5 Å². The summed E-state index contributed by atoms with van der Waals surface area (Å²) >= 11 is 2.58. The monoisotopic (exact) mass is 267 g/mol. The molecule has 0 aliphatic heterocycles. The predicted octanol–water partition coefficient (Wildman–Crippen LogP) is 3.48. The minimum Gasteiger partial charge on any atom is -0.205 e. The van der Waals surface area contributed by atoms with E-state index in [9.17, 15) is 17.6 Å². The smallest absolute Gasteiger partial charge is 0.205 e. The molecular formula is C8H2BrF4N. The Balaban J connectivity index is 3.50. The molecule has 1 nitrogen and oxygen atoms in total. The molecule has 0 spiro atoms. The molecule has 14 heavy (non-hydrogen) atoms. The van der Waals surface area contributed by atoms with Gasteiger partial charge in [-0.25, -0.2) is 4.39 Å². The van der Waals surface area contributed by atoms with Crippen molar-refractivity contribution in [2.24, 2.45) is 0 Å². The molecule has 0 aliphatic rings. The van der Waals surface area contributed by atoms with Crippen molar-refractivity contribution in [2.75, 3.05) is 0 Å². The van der Waals surface area contributed by atoms with Gasteiger partial charge in [0.2, 0.25) is 0 Å². The fourth-order valence-electron chi connectivity index (χ4n) is 0.899. The molecule has 0 saturated heterocycles. The van der Waals surface area contributed by atoms with Gasteiger partial charge in [-0.05, 0) is 12.1 Å². The van der Waals surface area contributed by atoms with E-state index in [1.807, 2.05) is 0 Å². The number of alkyl halides is 3. The van der Waals surface area contributed by atoms with Gasteiger partial charge in [-0.1, -0.05) is 15.9 Å². The van der Waals surface area contributed by atoms with E-state index in [1.54, 1.807) is 0 Å². The summed E-state index contributed by atoms with van der Waals surface area (Å²) in [6.45, 7) is 0. The molecular weight excluding hydrogens is 266 g/mol. The molecule has 0 aromatic heterocycles. The molecule has 0 heterocycles. The van der Waals surface area contributed by atoms with Gasteiger partial charge in [0.1, 0.15) is 11.6 Å². The number of hydrogen-bond donors (Lipinski definition) is 0. The highest BCUT2D eigenvalue weighted by Crippen LogP contribution is 2.37. The summed E-state index contributed by atoms with van der Waals surface area (Å²) in [6, 6.07) is 3.31. The SMILES string of the molecule is N#Cc1ccc(Br)c(C(F)(F)F)c1F. The lowest BCUT2D eigenvalue weighted by Gasteiger charge is -2.10. The van der Waals surface area contributed by atoms with Crippen molar-refractivity contribution < 1.29 is 17.6 Å². The van der Waals surface area contributed by atoms with Gasteiger partial charge < -0.3 is 0 Å². The first-order valence-corrected chi connectivity index (χ1v) is 4.12. The van der Waals surface area contributed by atoms with Gasteiger partial charge in [0.15, 0.2) is 5.82 Å². The third-order valence-electron chi connectivity index (χ3n) is 1.50. The van der Waals surface area contributed by atoms with E-state index in [0.717, 1.165) is 12.1 Å². The standard InChI is InChI=1S/C8H2BrF4N/c9-5-2-1-4(3-14)7(10)6(5)8(11,12)13/h1-2H. The van der Waals surface area contributed by atoms with Gasteiger partial charge in [-0.15, -0.1) is 0 Å². The van der Waals surface area contributed by atoms with Crippen molar-refractivity contribution in [1.82, 2.24) is 0 Å². The molecule has 0 bridgehead atoms. The first kappa shape index (κ1) is 11.0. The molecule has 1 rings (SSSR count). The highest BCUT2D eigenvalue weighted by Gasteiger charge is 2.37. The van der Waals surface area contributed by atoms with Crippen molar-refractivity contribution in [3.63, 3.8) is 0 Å². The Morgan fingerprint density at radius 2 is 1.86 bits per heavy atom. The summed E-state index contributed by atoms with van der Waals surface area (Å²) in [5, 5.41) is 8.33. The summed E-state index contributed by atoms with van der Waals surface area (Å²) in [6.07, 6.45) is -4.81. The van der Waals surface area contributed by atoms with E-state index in [-0.39, 0.29) is 0 Å². The van der Waals surface area contributed by atoms with Crippen LogP contribution in [0.3, 0.4) is 0 Å². The minimum absolute atomic E-state index is 0.415. The van der Waals surface area contributed by atoms with E-state index >= 15 is 0 Å². The lowest BCUT2D eigenvalue weighted by Crippen LogP contribution is -2.10. The Morgan fingerprint density at radius 1 is 1.29 bits per heavy atom. The Morgan fingerprint density at radius 3 is 2.29 bits per heavy atom. The maximum atomic E-state index is 13.1. The highest BCUT2D eigenvalue weighted by molar-refractivity contribution is 9.10. The fourth-order valence-corrected chi connectivity index (χ4v) is 1.43. The summed E-state index contributed by atoms with van der Waals surface area (Å²) in [4.78, 5) is 0. The van der Waals surface area contributed by atoms with E-state index in [4.69, 9.17) is 5.26 Å². The van der Waals surface area contributed by atoms with Crippen LogP contribution in [0.4, 0.5) is 17.6 Å². The maximum absolute atomic E-state index is 13.1. The maximum Gasteiger partial charge on any atom is 0.420 e. The van der Waals surface area contributed by atoms with E-state index in [0.29, 0.717) is 0 Å². The Bertz CT molecular complexity index is 405. The minimum atomic E-state index is -4.81. The predicted molar refractivity (Wildman–Crippen MR) is 43.8 cm³/mol. The van der Waals surface area contributed by atoms with Gasteiger partial charge >= 0.3 is 6.18 Å². The molecule has 0 radical (unpaired) electrons. The van der Waals surface area contributed by atoms with Crippen LogP contribution in [-0.4, -0.2) is 0 Å². The van der Waals surface area contributed by atoms with E-state index in [1.165, 1.54) is 6.07 Å². The molecule has 1 aromatic rings. The quantitative estimate of drug-likeness (QED) is 0.661. The van der Waals surface area contributed by atoms with Crippen molar-refractivity contribution >= 4 is 15.9 Å². The van der Waals surface area contributed by atoms with Crippen LogP contribution in [0, 0.1) is 17.1 Å². The summed E-state index contributed by atoms with van der Waals surface area (Å²) in [5.74, 6) is -1.55. The second-order valence-electron chi connectivity index (χ2n) is 2.39. The summed E-state index contributed by atoms with van der Waals surface area (Å²) in [5.41, 5.74) is -2.07. The van der Waals surface area contributed by atoms with E-state index < -0.39 is 27.6 Å². The third-order valence-corrected chi connectivity index (χ3v) is 2.16. The molecule has 74 valence electrons. The van der Waals surface area contributed by atoms with Crippen LogP contribution in [-0.2, 0) is 6.18 Å². The lowest BCUT2D eigenvalue weighted by atomic mass is 10.1. The average Bonchev–Trinajstić information content (AvgIpc) is 2.02. The molecule has 0 aliphatic carbocycles. The number of nitriles is 1. The molecule has 0 N–H and O–H groups in total. The van der Waals surface area contributed by atoms with Crippen molar-refractivity contribution in [3.8, 4) is 6.07 Å². The third kappa shape index (κ3) is 1.87. The molecule has 0 unspecified atom stereocenters. The second kappa shape index (κ2) is 3.58. The first-order chi connectivity index (χ1) is 6.38. The zero-order valence-corrected chi connectivity index (χ0v) is 8.08. The van der Waals surface area contributed by atoms with Crippen LogP contribution in [0.2, 0.25) is 0 Å². The van der Waals surface area contributed by atoms with Crippen molar-refractivity contribution in [1.29, 1.82) is 5.26 Å². The molecule has 6 heteroatoms. The second-order valence-corrected chi connectivity index (χ2v) is 3.25. The van der Waals surface area contributed by atoms with Crippen LogP contribution in [0.1, 0.15) is 11.1 Å². The lowest BCUT2D eigenvalue weighted by molar-refractivity contribution is -0.140. The highest BCUT2D eigenvalue weighted by atomic mass is 79.9. The zero-order valence-electron chi connectivity index (χ0n) is 6.49. The molecule has 0 atom stereocenters. The van der Waals surface area contributed by atoms with Gasteiger partial charge in [0.25, 0.3) is 0 Å². The van der Waals surface area contributed by atoms with E-state index in [2.05, 4.69) is 15.9 Å². The van der Waals surface area contributed by atoms with Crippen LogP contribution < -0.4 is 0 Å². The molecule has 0 fully saturated rings. The topological polar surface area (TPSA) is 23.8 Å². The van der Waals surface area contributed by atoms with Crippen LogP contribution in [0.15, 0.2) is 16.6 Å². The largest absolute Gasteiger partial charge is 0.420 e. The molecule has 1 aromatic carbocycles. The van der Waals surface area contributed by atoms with Crippen molar-refractivity contribution in [2.45, 2.75) is 6.18 Å². The number of benzene rings is 1. The van der Waals surface area contributed by atoms with Gasteiger partial charge in [-0.2, -0.15) is 18.4 Å². The Kier molecular flexibility index (Phi) is 2.81. The fraction of sp³-hybridized carbons (Fsp3) is 0.125. The first-order valence-electron chi connectivity index (χ1n) is 3.33. The van der Waals surface area contributed by atoms with Crippen LogP contribution in [0.5, 0.6) is 0 Å². The summed E-state index contributed by atoms with van der Waals surface area (Å²) < 4.78 is 49.4. The summed E-state index contributed by atoms with van der Waals surface area (Å²) in [7, 11) is 0. The average molecular weight is 268 g/mol. The number of halogens is 5. The number of nitrogens with zero attached hydrogens (tertiary/aromatic N) is 1. The van der Waals surface area contributed by atoms with Gasteiger partial charge in [-0.3, -0.25) is 0 Å².